The van der Waals surface area contributed by atoms with Gasteiger partial charge in [0.05, 0.1) is 35.2 Å². The predicted octanol–water partition coefficient (Wildman–Crippen LogP) is 4.31. The van der Waals surface area contributed by atoms with Gasteiger partial charge in [-0.05, 0) is 25.1 Å². The number of hydrogen-bond acceptors (Lipinski definition) is 7. The Morgan fingerprint density at radius 3 is 2.66 bits per heavy atom. The van der Waals surface area contributed by atoms with Crippen molar-refractivity contribution in [3.63, 3.8) is 0 Å². The minimum Gasteiger partial charge on any atom is -0.437 e. The van der Waals surface area contributed by atoms with Crippen LogP contribution in [0.15, 0.2) is 60.9 Å². The van der Waals surface area contributed by atoms with Crippen molar-refractivity contribution in [2.45, 2.75) is 19.2 Å². The molecule has 0 aliphatic carbocycles. The highest BCUT2D eigenvalue weighted by Gasteiger charge is 2.33. The smallest absolute Gasteiger partial charge is 0.417 e. The molecule has 0 aliphatic heterocycles. The van der Waals surface area contributed by atoms with Crippen molar-refractivity contribution in [1.29, 1.82) is 5.26 Å². The van der Waals surface area contributed by atoms with E-state index in [1.807, 2.05) is 6.07 Å². The standard InChI is InChI=1S/C24H19F3N6O2/c1-14-31-19(17-4-2-3-5-18(17)24(25,26)27)9-23(32-14)35-22-8-15(10-28)6-7-20(22)33-13-16(12-30-33)21(34)11-29/h2-9,12-13,21,34H,11,29H2,1H3. The Kier molecular flexibility index (Phi) is 6.50. The summed E-state index contributed by atoms with van der Waals surface area (Å²) in [5.74, 6) is 0.351. The van der Waals surface area contributed by atoms with Crippen LogP contribution >= 0.6 is 0 Å². The number of aryl methyl sites for hydroxylation is 1. The Balaban J connectivity index is 1.77. The number of nitrogens with zero attached hydrogens (tertiary/aromatic N) is 5. The third-order valence-corrected chi connectivity index (χ3v) is 5.08. The average Bonchev–Trinajstić information content (AvgIpc) is 3.32. The summed E-state index contributed by atoms with van der Waals surface area (Å²) >= 11 is 0. The van der Waals surface area contributed by atoms with Gasteiger partial charge in [0.25, 0.3) is 0 Å². The molecule has 35 heavy (non-hydrogen) atoms. The topological polar surface area (TPSA) is 123 Å². The Bertz CT molecular complexity index is 1410. The van der Waals surface area contributed by atoms with Crippen LogP contribution in [0.2, 0.25) is 0 Å². The number of aliphatic hydroxyl groups is 1. The monoisotopic (exact) mass is 480 g/mol. The number of aliphatic hydroxyl groups excluding tert-OH is 1. The number of alkyl halides is 3. The van der Waals surface area contributed by atoms with Gasteiger partial charge in [-0.3, -0.25) is 0 Å². The highest BCUT2D eigenvalue weighted by Crippen LogP contribution is 2.37. The van der Waals surface area contributed by atoms with E-state index in [4.69, 9.17) is 10.5 Å². The first-order valence-corrected chi connectivity index (χ1v) is 10.4. The average molecular weight is 480 g/mol. The third kappa shape index (κ3) is 5.13. The number of rotatable bonds is 6. The predicted molar refractivity (Wildman–Crippen MR) is 120 cm³/mol. The SMILES string of the molecule is Cc1nc(Oc2cc(C#N)ccc2-n2cc(C(O)CN)cn2)cc(-c2ccccc2C(F)(F)F)n1. The van der Waals surface area contributed by atoms with Crippen molar-refractivity contribution in [3.8, 4) is 34.6 Å². The molecule has 0 saturated heterocycles. The number of ether oxygens (including phenoxy) is 1. The number of aromatic nitrogens is 4. The molecule has 4 aromatic rings. The van der Waals surface area contributed by atoms with Crippen molar-refractivity contribution >= 4 is 0 Å². The minimum atomic E-state index is -4.57. The van der Waals surface area contributed by atoms with Crippen molar-refractivity contribution in [1.82, 2.24) is 19.7 Å². The molecule has 0 aliphatic rings. The molecule has 0 bridgehead atoms. The second-order valence-corrected chi connectivity index (χ2v) is 7.55. The molecule has 2 aromatic carbocycles. The van der Waals surface area contributed by atoms with Crippen molar-refractivity contribution < 1.29 is 23.0 Å². The van der Waals surface area contributed by atoms with E-state index < -0.39 is 17.8 Å². The normalized spacial score (nSPS) is 12.3. The first-order chi connectivity index (χ1) is 16.7. The number of benzene rings is 2. The molecule has 0 radical (unpaired) electrons. The van der Waals surface area contributed by atoms with E-state index in [1.165, 1.54) is 48.1 Å². The second kappa shape index (κ2) is 9.54. The molecule has 0 spiro atoms. The van der Waals surface area contributed by atoms with Gasteiger partial charge >= 0.3 is 6.18 Å². The van der Waals surface area contributed by atoms with Gasteiger partial charge in [-0.1, -0.05) is 18.2 Å². The molecule has 11 heteroatoms. The zero-order chi connectivity index (χ0) is 25.2. The fourth-order valence-electron chi connectivity index (χ4n) is 3.43. The van der Waals surface area contributed by atoms with E-state index >= 15 is 0 Å². The highest BCUT2D eigenvalue weighted by molar-refractivity contribution is 5.65. The molecule has 0 amide bonds. The zero-order valence-corrected chi connectivity index (χ0v) is 18.4. The van der Waals surface area contributed by atoms with Gasteiger partial charge in [0.2, 0.25) is 5.88 Å². The van der Waals surface area contributed by atoms with Gasteiger partial charge in [0, 0.05) is 36.0 Å². The van der Waals surface area contributed by atoms with Crippen LogP contribution in [-0.2, 0) is 6.18 Å². The quantitative estimate of drug-likeness (QED) is 0.421. The van der Waals surface area contributed by atoms with Crippen LogP contribution in [0.5, 0.6) is 11.6 Å². The van der Waals surface area contributed by atoms with Crippen LogP contribution in [0, 0.1) is 18.3 Å². The number of hydrogen-bond donors (Lipinski definition) is 2. The summed E-state index contributed by atoms with van der Waals surface area (Å²) in [6.07, 6.45) is -2.48. The van der Waals surface area contributed by atoms with Crippen molar-refractivity contribution in [2.24, 2.45) is 5.73 Å². The number of nitriles is 1. The molecule has 4 rings (SSSR count). The summed E-state index contributed by atoms with van der Waals surface area (Å²) in [7, 11) is 0. The summed E-state index contributed by atoms with van der Waals surface area (Å²) in [6, 6.07) is 13.0. The lowest BCUT2D eigenvalue weighted by atomic mass is 10.0. The molecular weight excluding hydrogens is 461 g/mol. The van der Waals surface area contributed by atoms with Crippen LogP contribution in [0.1, 0.15) is 28.6 Å². The summed E-state index contributed by atoms with van der Waals surface area (Å²) in [4.78, 5) is 8.37. The lowest BCUT2D eigenvalue weighted by Crippen LogP contribution is -2.10. The molecule has 0 fully saturated rings. The van der Waals surface area contributed by atoms with Gasteiger partial charge in [-0.25, -0.2) is 9.67 Å². The van der Waals surface area contributed by atoms with Gasteiger partial charge < -0.3 is 15.6 Å². The molecule has 178 valence electrons. The summed E-state index contributed by atoms with van der Waals surface area (Å²) in [5.41, 5.74) is 5.76. The number of nitrogens with two attached hydrogens (primary N) is 1. The summed E-state index contributed by atoms with van der Waals surface area (Å²) in [6.45, 7) is 1.54. The maximum absolute atomic E-state index is 13.5. The zero-order valence-electron chi connectivity index (χ0n) is 18.4. The van der Waals surface area contributed by atoms with E-state index in [9.17, 15) is 23.5 Å². The van der Waals surface area contributed by atoms with Crippen LogP contribution in [0.25, 0.3) is 16.9 Å². The maximum Gasteiger partial charge on any atom is 0.417 e. The van der Waals surface area contributed by atoms with Gasteiger partial charge in [0.1, 0.15) is 11.5 Å². The lowest BCUT2D eigenvalue weighted by molar-refractivity contribution is -0.137. The molecule has 8 nitrogen and oxygen atoms in total. The molecule has 3 N–H and O–H groups in total. The van der Waals surface area contributed by atoms with Gasteiger partial charge in [-0.15, -0.1) is 0 Å². The highest BCUT2D eigenvalue weighted by atomic mass is 19.4. The molecular formula is C24H19F3N6O2. The molecule has 2 heterocycles. The Hall–Kier alpha value is -4.27. The van der Waals surface area contributed by atoms with E-state index in [2.05, 4.69) is 15.1 Å². The minimum absolute atomic E-state index is 0.00477. The third-order valence-electron chi connectivity index (χ3n) is 5.08. The molecule has 2 aromatic heterocycles. The first kappa shape index (κ1) is 23.9. The maximum atomic E-state index is 13.5. The summed E-state index contributed by atoms with van der Waals surface area (Å²) in [5, 5.41) is 23.5. The van der Waals surface area contributed by atoms with Crippen molar-refractivity contribution in [3.05, 3.63) is 83.4 Å². The Morgan fingerprint density at radius 1 is 1.17 bits per heavy atom. The largest absolute Gasteiger partial charge is 0.437 e. The van der Waals surface area contributed by atoms with Crippen LogP contribution < -0.4 is 10.5 Å². The van der Waals surface area contributed by atoms with E-state index in [-0.39, 0.29) is 40.8 Å². The Morgan fingerprint density at radius 2 is 1.94 bits per heavy atom. The molecule has 0 saturated carbocycles. The summed E-state index contributed by atoms with van der Waals surface area (Å²) < 4.78 is 48.0. The lowest BCUT2D eigenvalue weighted by Gasteiger charge is -2.15. The van der Waals surface area contributed by atoms with Crippen LogP contribution in [-0.4, -0.2) is 31.4 Å². The fourth-order valence-corrected chi connectivity index (χ4v) is 3.43. The van der Waals surface area contributed by atoms with E-state index in [1.54, 1.807) is 18.3 Å². The Labute approximate surface area is 198 Å². The van der Waals surface area contributed by atoms with E-state index in [0.29, 0.717) is 11.3 Å². The fraction of sp³-hybridized carbons (Fsp3) is 0.167. The van der Waals surface area contributed by atoms with Crippen molar-refractivity contribution in [2.75, 3.05) is 6.54 Å². The second-order valence-electron chi connectivity index (χ2n) is 7.55. The number of halogens is 3. The molecule has 1 atom stereocenters. The molecule has 1 unspecified atom stereocenters. The van der Waals surface area contributed by atoms with E-state index in [0.717, 1.165) is 6.07 Å². The van der Waals surface area contributed by atoms with Crippen LogP contribution in [0.4, 0.5) is 13.2 Å². The van der Waals surface area contributed by atoms with Crippen LogP contribution in [0.3, 0.4) is 0 Å². The first-order valence-electron chi connectivity index (χ1n) is 10.4. The van der Waals surface area contributed by atoms with Gasteiger partial charge in [0.15, 0.2) is 5.75 Å². The van der Waals surface area contributed by atoms with Gasteiger partial charge in [-0.2, -0.15) is 28.5 Å².